The molecule has 11 heteroatoms. The Morgan fingerprint density at radius 3 is 2.58 bits per heavy atom. The van der Waals surface area contributed by atoms with Crippen molar-refractivity contribution < 1.29 is 29.0 Å². The zero-order valence-corrected chi connectivity index (χ0v) is 21.4. The second-order valence-corrected chi connectivity index (χ2v) is 9.90. The number of primary amides is 1. The van der Waals surface area contributed by atoms with Crippen LogP contribution in [0, 0.1) is 18.8 Å². The maximum absolute atomic E-state index is 13.9. The highest BCUT2D eigenvalue weighted by Crippen LogP contribution is 2.53. The zero-order chi connectivity index (χ0) is 26.2. The van der Waals surface area contributed by atoms with E-state index in [1.54, 1.807) is 49.4 Å². The molecule has 2 fully saturated rings. The van der Waals surface area contributed by atoms with Gasteiger partial charge in [0.1, 0.15) is 11.3 Å². The number of nitrogens with zero attached hydrogens (tertiary/aromatic N) is 1. The van der Waals surface area contributed by atoms with E-state index in [0.29, 0.717) is 21.5 Å². The van der Waals surface area contributed by atoms with Gasteiger partial charge in [0.2, 0.25) is 11.8 Å². The predicted molar refractivity (Wildman–Crippen MR) is 134 cm³/mol. The normalized spacial score (nSPS) is 25.1. The van der Waals surface area contributed by atoms with Crippen LogP contribution in [0.25, 0.3) is 0 Å². The Morgan fingerprint density at radius 2 is 1.94 bits per heavy atom. The number of imide groups is 1. The van der Waals surface area contributed by atoms with Crippen LogP contribution in [0.3, 0.4) is 0 Å². The minimum absolute atomic E-state index is 0.0166. The van der Waals surface area contributed by atoms with Crippen LogP contribution in [0.5, 0.6) is 5.75 Å². The van der Waals surface area contributed by atoms with Crippen molar-refractivity contribution in [2.24, 2.45) is 17.6 Å². The molecule has 4 unspecified atom stereocenters. The molecule has 2 aliphatic heterocycles. The number of methoxy groups -OCH3 is 1. The number of halogens is 1. The number of nitrogens with two attached hydrogens (primary N) is 1. The molecule has 4 rings (SSSR count). The predicted octanol–water partition coefficient (Wildman–Crippen LogP) is 2.49. The first-order valence-electron chi connectivity index (χ1n) is 11.4. The molecule has 0 radical (unpaired) electrons. The number of benzene rings is 2. The van der Waals surface area contributed by atoms with Gasteiger partial charge in [-0.15, -0.1) is 0 Å². The van der Waals surface area contributed by atoms with Crippen molar-refractivity contribution in [3.8, 4) is 5.75 Å². The molecule has 0 spiro atoms. The lowest BCUT2D eigenvalue weighted by molar-refractivity contribution is -0.149. The smallest absolute Gasteiger partial charge is 0.324 e. The largest absolute Gasteiger partial charge is 0.496 e. The number of ether oxygens (including phenoxy) is 1. The van der Waals surface area contributed by atoms with Gasteiger partial charge in [-0.1, -0.05) is 34.1 Å². The first kappa shape index (κ1) is 25.6. The van der Waals surface area contributed by atoms with Gasteiger partial charge in [-0.3, -0.25) is 19.7 Å². The van der Waals surface area contributed by atoms with Crippen molar-refractivity contribution in [2.75, 3.05) is 18.6 Å². The number of aliphatic carboxylic acids is 1. The number of para-hydroxylation sites is 1. The summed E-state index contributed by atoms with van der Waals surface area (Å²) in [6.45, 7) is 1.91. The van der Waals surface area contributed by atoms with E-state index in [9.17, 15) is 24.3 Å². The maximum atomic E-state index is 13.9. The lowest BCUT2D eigenvalue weighted by Crippen LogP contribution is -2.56. The molecule has 2 aromatic rings. The Balaban J connectivity index is 1.84. The van der Waals surface area contributed by atoms with Gasteiger partial charge >= 0.3 is 12.0 Å². The average molecular weight is 559 g/mol. The summed E-state index contributed by atoms with van der Waals surface area (Å²) in [5.41, 5.74) is 5.09. The van der Waals surface area contributed by atoms with Crippen LogP contribution >= 0.6 is 15.9 Å². The van der Waals surface area contributed by atoms with E-state index in [1.807, 2.05) is 0 Å². The van der Waals surface area contributed by atoms with Gasteiger partial charge in [-0.05, 0) is 49.6 Å². The van der Waals surface area contributed by atoms with Crippen molar-refractivity contribution in [1.29, 1.82) is 0 Å². The summed E-state index contributed by atoms with van der Waals surface area (Å²) in [5, 5.41) is 16.1. The van der Waals surface area contributed by atoms with E-state index >= 15 is 0 Å². The van der Waals surface area contributed by atoms with Crippen LogP contribution in [0.2, 0.25) is 0 Å². The molecular weight excluding hydrogens is 532 g/mol. The van der Waals surface area contributed by atoms with Crippen molar-refractivity contribution in [2.45, 2.75) is 31.3 Å². The standard InChI is InChI=1S/C25H27BrN4O6/c1-13-6-3-4-7-16(13)30-21(31)18-19(22(30)32)25(23(33)34,10-5-11-28-24(27)35)29-20(18)15-12-14(26)8-9-17(15)36-2/h3-4,6-9,12,18-20,29H,5,10-11H2,1-2H3,(H,33,34)(H3,27,28,35). The highest BCUT2D eigenvalue weighted by atomic mass is 79.9. The first-order chi connectivity index (χ1) is 17.1. The molecule has 4 amide bonds. The van der Waals surface area contributed by atoms with E-state index < -0.39 is 47.2 Å². The van der Waals surface area contributed by atoms with Crippen LogP contribution in [0.4, 0.5) is 10.5 Å². The molecule has 0 saturated carbocycles. The van der Waals surface area contributed by atoms with Gasteiger partial charge in [0.05, 0.1) is 24.6 Å². The number of amides is 4. The number of aryl methyl sites for hydroxylation is 1. The number of carbonyl (C=O) groups excluding carboxylic acids is 3. The third-order valence-electron chi connectivity index (χ3n) is 6.97. The quantitative estimate of drug-likeness (QED) is 0.287. The molecule has 5 N–H and O–H groups in total. The number of nitrogens with one attached hydrogen (secondary N) is 2. The van der Waals surface area contributed by atoms with Crippen molar-refractivity contribution in [3.05, 3.63) is 58.1 Å². The molecule has 2 saturated heterocycles. The van der Waals surface area contributed by atoms with Crippen LogP contribution in [-0.2, 0) is 14.4 Å². The molecule has 0 bridgehead atoms. The Labute approximate surface area is 216 Å². The fourth-order valence-corrected chi connectivity index (χ4v) is 5.76. The van der Waals surface area contributed by atoms with E-state index in [0.717, 1.165) is 10.5 Å². The number of rotatable bonds is 8. The molecule has 0 aromatic heterocycles. The lowest BCUT2D eigenvalue weighted by atomic mass is 9.77. The van der Waals surface area contributed by atoms with Crippen molar-refractivity contribution in [3.63, 3.8) is 0 Å². The molecule has 2 heterocycles. The average Bonchev–Trinajstić information content (AvgIpc) is 3.31. The van der Waals surface area contributed by atoms with Crippen LogP contribution in [0.15, 0.2) is 46.9 Å². The van der Waals surface area contributed by atoms with Gasteiger partial charge in [-0.2, -0.15) is 0 Å². The number of hydrogen-bond acceptors (Lipinski definition) is 6. The summed E-state index contributed by atoms with van der Waals surface area (Å²) in [6.07, 6.45) is 0.205. The highest BCUT2D eigenvalue weighted by Gasteiger charge is 2.68. The molecular formula is C25H27BrN4O6. The van der Waals surface area contributed by atoms with E-state index in [2.05, 4.69) is 26.6 Å². The number of carbonyl (C=O) groups is 4. The van der Waals surface area contributed by atoms with Gasteiger partial charge in [0.15, 0.2) is 0 Å². The summed E-state index contributed by atoms with van der Waals surface area (Å²) in [7, 11) is 1.49. The summed E-state index contributed by atoms with van der Waals surface area (Å²) >= 11 is 3.44. The van der Waals surface area contributed by atoms with E-state index in [4.69, 9.17) is 10.5 Å². The maximum Gasteiger partial charge on any atom is 0.324 e. The summed E-state index contributed by atoms with van der Waals surface area (Å²) in [6, 6.07) is 10.7. The fraction of sp³-hybridized carbons (Fsp3) is 0.360. The minimum atomic E-state index is -1.76. The molecule has 0 aliphatic carbocycles. The fourth-order valence-electron chi connectivity index (χ4n) is 5.38. The highest BCUT2D eigenvalue weighted by molar-refractivity contribution is 9.10. The van der Waals surface area contributed by atoms with Gasteiger partial charge in [-0.25, -0.2) is 9.69 Å². The number of anilines is 1. The van der Waals surface area contributed by atoms with Crippen molar-refractivity contribution in [1.82, 2.24) is 10.6 Å². The lowest BCUT2D eigenvalue weighted by Gasteiger charge is -2.31. The molecule has 2 aromatic carbocycles. The SMILES string of the molecule is COc1ccc(Br)cc1C1NC(CCCNC(N)=O)(C(=O)O)C2C(=O)N(c3ccccc3C)C(=O)C12. The van der Waals surface area contributed by atoms with Gasteiger partial charge in [0.25, 0.3) is 0 Å². The molecule has 190 valence electrons. The van der Waals surface area contributed by atoms with E-state index in [-0.39, 0.29) is 19.4 Å². The molecule has 36 heavy (non-hydrogen) atoms. The molecule has 10 nitrogen and oxygen atoms in total. The van der Waals surface area contributed by atoms with Crippen LogP contribution in [-0.4, -0.2) is 48.1 Å². The topological polar surface area (TPSA) is 151 Å². The Kier molecular flexibility index (Phi) is 7.05. The number of carboxylic acid groups (broad SMARTS) is 1. The minimum Gasteiger partial charge on any atom is -0.496 e. The summed E-state index contributed by atoms with van der Waals surface area (Å²) < 4.78 is 6.24. The van der Waals surface area contributed by atoms with Crippen LogP contribution < -0.4 is 26.0 Å². The van der Waals surface area contributed by atoms with Crippen molar-refractivity contribution >= 4 is 45.4 Å². The van der Waals surface area contributed by atoms with E-state index in [1.165, 1.54) is 7.11 Å². The number of urea groups is 1. The third kappa shape index (κ3) is 4.22. The summed E-state index contributed by atoms with van der Waals surface area (Å²) in [4.78, 5) is 52.9. The van der Waals surface area contributed by atoms with Crippen LogP contribution in [0.1, 0.15) is 30.0 Å². The summed E-state index contributed by atoms with van der Waals surface area (Å²) in [5.74, 6) is -4.00. The third-order valence-corrected chi connectivity index (χ3v) is 7.46. The number of fused-ring (bicyclic) bond motifs is 1. The second-order valence-electron chi connectivity index (χ2n) is 8.98. The van der Waals surface area contributed by atoms with Gasteiger partial charge < -0.3 is 20.9 Å². The zero-order valence-electron chi connectivity index (χ0n) is 19.8. The number of hydrogen-bond donors (Lipinski definition) is 4. The Hall–Kier alpha value is -3.44. The Bertz CT molecular complexity index is 1240. The Morgan fingerprint density at radius 1 is 1.22 bits per heavy atom. The van der Waals surface area contributed by atoms with Gasteiger partial charge in [0, 0.05) is 22.6 Å². The molecule has 4 atom stereocenters. The molecule has 2 aliphatic rings. The second kappa shape index (κ2) is 9.90. The number of carboxylic acids is 1. The first-order valence-corrected chi connectivity index (χ1v) is 12.2. The monoisotopic (exact) mass is 558 g/mol.